The third-order valence-corrected chi connectivity index (χ3v) is 5.48. The van der Waals surface area contributed by atoms with Crippen LogP contribution in [0.15, 0.2) is 23.6 Å². The van der Waals surface area contributed by atoms with E-state index in [4.69, 9.17) is 10.5 Å². The van der Waals surface area contributed by atoms with Gasteiger partial charge in [0.05, 0.1) is 22.6 Å². The summed E-state index contributed by atoms with van der Waals surface area (Å²) in [6.07, 6.45) is 0.725. The summed E-state index contributed by atoms with van der Waals surface area (Å²) >= 11 is 1.12. The molecule has 2 heterocycles. The molecule has 3 aromatic rings. The van der Waals surface area contributed by atoms with E-state index in [1.807, 2.05) is 0 Å². The number of aryl methyl sites for hydroxylation is 1. The molecule has 1 atom stereocenters. The summed E-state index contributed by atoms with van der Waals surface area (Å²) in [5.41, 5.74) is 9.22. The van der Waals surface area contributed by atoms with Crippen molar-refractivity contribution in [1.29, 1.82) is 0 Å². The quantitative estimate of drug-likeness (QED) is 0.714. The molecule has 0 fully saturated rings. The van der Waals surface area contributed by atoms with E-state index >= 15 is 0 Å². The first kappa shape index (κ1) is 18.4. The van der Waals surface area contributed by atoms with E-state index in [1.54, 1.807) is 18.4 Å². The van der Waals surface area contributed by atoms with Crippen molar-refractivity contribution >= 4 is 23.1 Å². The zero-order chi connectivity index (χ0) is 19.8. The van der Waals surface area contributed by atoms with Gasteiger partial charge in [-0.3, -0.25) is 4.79 Å². The maximum Gasteiger partial charge on any atom is 0.276 e. The normalized spacial score (nSPS) is 16.1. The molecule has 1 aromatic carbocycles. The number of aromatic nitrogens is 3. The molecule has 0 saturated heterocycles. The Labute approximate surface area is 163 Å². The average molecular weight is 401 g/mol. The second kappa shape index (κ2) is 7.23. The fourth-order valence-corrected chi connectivity index (χ4v) is 4.27. The van der Waals surface area contributed by atoms with Crippen molar-refractivity contribution in [3.8, 4) is 16.5 Å². The van der Waals surface area contributed by atoms with E-state index < -0.39 is 12.7 Å². The van der Waals surface area contributed by atoms with Crippen molar-refractivity contribution < 1.29 is 18.3 Å². The van der Waals surface area contributed by atoms with Crippen LogP contribution in [0.3, 0.4) is 0 Å². The van der Waals surface area contributed by atoms with Crippen molar-refractivity contribution in [2.75, 3.05) is 12.6 Å². The summed E-state index contributed by atoms with van der Waals surface area (Å²) < 4.78 is 31.1. The second-order valence-electron chi connectivity index (χ2n) is 6.50. The highest BCUT2D eigenvalue weighted by molar-refractivity contribution is 7.11. The number of benzene rings is 1. The molecule has 0 amide bonds. The number of nitrogens with two attached hydrogens (primary N) is 1. The molecule has 1 aliphatic carbocycles. The monoisotopic (exact) mass is 401 g/mol. The summed E-state index contributed by atoms with van der Waals surface area (Å²) in [7, 11) is 0. The predicted octanol–water partition coefficient (Wildman–Crippen LogP) is 3.85. The minimum Gasteiger partial charge on any atom is -0.438 e. The molecule has 1 unspecified atom stereocenters. The maximum absolute atomic E-state index is 14.0. The fraction of sp³-hybridized carbons (Fsp3) is 0.263. The van der Waals surface area contributed by atoms with Crippen LogP contribution >= 0.6 is 11.3 Å². The van der Waals surface area contributed by atoms with Gasteiger partial charge in [-0.1, -0.05) is 17.4 Å². The van der Waals surface area contributed by atoms with Crippen LogP contribution in [-0.2, 0) is 6.42 Å². The Morgan fingerprint density at radius 1 is 1.29 bits per heavy atom. The van der Waals surface area contributed by atoms with Crippen LogP contribution < -0.4 is 10.5 Å². The Hall–Kier alpha value is -2.94. The third kappa shape index (κ3) is 3.33. The van der Waals surface area contributed by atoms with E-state index in [0.29, 0.717) is 34.6 Å². The molecule has 0 bridgehead atoms. The topological polar surface area (TPSA) is 91.0 Å². The first-order chi connectivity index (χ1) is 13.5. The number of nitrogen functional groups attached to an aromatic ring is 1. The average Bonchev–Trinajstić information content (AvgIpc) is 3.09. The number of alkyl halides is 1. The first-order valence-electron chi connectivity index (χ1n) is 8.56. The highest BCUT2D eigenvalue weighted by atomic mass is 32.1. The summed E-state index contributed by atoms with van der Waals surface area (Å²) in [5, 5.41) is 1.83. The summed E-state index contributed by atoms with van der Waals surface area (Å²) in [6.45, 7) is 0.747. The van der Waals surface area contributed by atoms with Crippen molar-refractivity contribution in [3.05, 3.63) is 51.9 Å². The van der Waals surface area contributed by atoms with Crippen LogP contribution in [-0.4, -0.2) is 27.6 Å². The summed E-state index contributed by atoms with van der Waals surface area (Å²) in [5.74, 6) is -0.587. The molecule has 28 heavy (non-hydrogen) atoms. The Bertz CT molecular complexity index is 1070. The second-order valence-corrected chi connectivity index (χ2v) is 7.32. The van der Waals surface area contributed by atoms with Crippen molar-refractivity contribution in [2.24, 2.45) is 0 Å². The van der Waals surface area contributed by atoms with Gasteiger partial charge in [-0.25, -0.2) is 23.7 Å². The molecule has 1 aliphatic rings. The van der Waals surface area contributed by atoms with Crippen LogP contribution in [0.4, 0.5) is 14.7 Å². The zero-order valence-corrected chi connectivity index (χ0v) is 15.7. The van der Waals surface area contributed by atoms with Crippen LogP contribution in [0.5, 0.6) is 5.19 Å². The van der Waals surface area contributed by atoms with Gasteiger partial charge in [0, 0.05) is 17.4 Å². The highest BCUT2D eigenvalue weighted by Gasteiger charge is 2.31. The van der Waals surface area contributed by atoms with Crippen LogP contribution in [0.25, 0.3) is 11.3 Å². The van der Waals surface area contributed by atoms with Gasteiger partial charge in [0.1, 0.15) is 5.82 Å². The number of halogens is 2. The standard InChI is InChI=1S/C19H16F2N4O2S/c1-9-17-14(24-18(22)23-9)4-10(5-16(17)26)12-3-2-11(21)6-13(12)15-7-28-19(25-15)27-8-20/h2-3,6-7,10H,4-5,8H2,1H3,(H2,22,23,24)/i20-1. The molecule has 0 radical (unpaired) electrons. The number of thiazole rings is 1. The number of nitrogens with zero attached hydrogens (tertiary/aromatic N) is 3. The van der Waals surface area contributed by atoms with Gasteiger partial charge in [-0.05, 0) is 37.0 Å². The lowest BCUT2D eigenvalue weighted by molar-refractivity contribution is 0.0962. The largest absolute Gasteiger partial charge is 0.438 e. The Morgan fingerprint density at radius 3 is 2.89 bits per heavy atom. The number of ether oxygens (including phenoxy) is 1. The summed E-state index contributed by atoms with van der Waals surface area (Å²) in [6, 6.07) is 4.37. The molecule has 0 spiro atoms. The zero-order valence-electron chi connectivity index (χ0n) is 14.9. The number of rotatable bonds is 4. The Balaban J connectivity index is 1.76. The fourth-order valence-electron chi connectivity index (χ4n) is 3.62. The van der Waals surface area contributed by atoms with E-state index in [9.17, 15) is 13.6 Å². The lowest BCUT2D eigenvalue weighted by atomic mass is 9.79. The number of hydrogen-bond acceptors (Lipinski definition) is 7. The van der Waals surface area contributed by atoms with Crippen LogP contribution in [0.1, 0.15) is 39.6 Å². The molecular weight excluding hydrogens is 385 g/mol. The Kier molecular flexibility index (Phi) is 4.76. The van der Waals surface area contributed by atoms with Gasteiger partial charge < -0.3 is 10.5 Å². The van der Waals surface area contributed by atoms with Crippen molar-refractivity contribution in [3.63, 3.8) is 0 Å². The first-order valence-corrected chi connectivity index (χ1v) is 9.44. The van der Waals surface area contributed by atoms with E-state index in [2.05, 4.69) is 15.0 Å². The van der Waals surface area contributed by atoms with Gasteiger partial charge in [-0.15, -0.1) is 0 Å². The van der Waals surface area contributed by atoms with Gasteiger partial charge in [0.25, 0.3) is 5.19 Å². The van der Waals surface area contributed by atoms with Gasteiger partial charge in [0.15, 0.2) is 5.78 Å². The predicted molar refractivity (Wildman–Crippen MR) is 101 cm³/mol. The third-order valence-electron chi connectivity index (χ3n) is 4.72. The molecule has 144 valence electrons. The van der Waals surface area contributed by atoms with Crippen LogP contribution in [0, 0.1) is 12.7 Å². The Morgan fingerprint density at radius 2 is 2.11 bits per heavy atom. The highest BCUT2D eigenvalue weighted by Crippen LogP contribution is 2.39. The SMILES string of the molecule is Cc1nc(N)nc2c1C(=O)CC(c1ccc(F)cc1-c1csc(OC[18F])n1)C2. The number of fused-ring (bicyclic) bond motifs is 1. The van der Waals surface area contributed by atoms with E-state index in [1.165, 1.54) is 12.1 Å². The number of Topliss-reactive ketones (excluding diaryl/α,β-unsaturated/α-hetero) is 1. The minimum atomic E-state index is -0.989. The molecule has 6 nitrogen and oxygen atoms in total. The number of carbonyl (C=O) groups excluding carboxylic acids is 1. The van der Waals surface area contributed by atoms with Gasteiger partial charge >= 0.3 is 0 Å². The molecule has 9 heteroatoms. The molecule has 4 rings (SSSR count). The van der Waals surface area contributed by atoms with E-state index in [0.717, 1.165) is 16.9 Å². The minimum absolute atomic E-state index is 0.0706. The molecule has 2 aromatic heterocycles. The lowest BCUT2D eigenvalue weighted by Crippen LogP contribution is -2.23. The lowest BCUT2D eigenvalue weighted by Gasteiger charge is -2.25. The number of ketones is 1. The number of hydrogen-bond donors (Lipinski definition) is 1. The van der Waals surface area contributed by atoms with E-state index in [-0.39, 0.29) is 29.3 Å². The van der Waals surface area contributed by atoms with Gasteiger partial charge in [-0.2, -0.15) is 0 Å². The number of anilines is 1. The smallest absolute Gasteiger partial charge is 0.276 e. The molecule has 0 aliphatic heterocycles. The molecule has 2 N–H and O–H groups in total. The number of carbonyl (C=O) groups is 1. The maximum atomic E-state index is 14.0. The van der Waals surface area contributed by atoms with Crippen molar-refractivity contribution in [1.82, 2.24) is 15.0 Å². The van der Waals surface area contributed by atoms with Crippen LogP contribution in [0.2, 0.25) is 0 Å². The molecule has 0 saturated carbocycles. The van der Waals surface area contributed by atoms with Gasteiger partial charge in [0.2, 0.25) is 12.8 Å². The molecular formula is C19H16F2N4O2S. The van der Waals surface area contributed by atoms with Crippen molar-refractivity contribution in [2.45, 2.75) is 25.7 Å². The summed E-state index contributed by atoms with van der Waals surface area (Å²) in [4.78, 5) is 25.3.